The van der Waals surface area contributed by atoms with Crippen LogP contribution in [0.15, 0.2) is 0 Å². The lowest BCUT2D eigenvalue weighted by atomic mass is 9.97. The van der Waals surface area contributed by atoms with E-state index in [-0.39, 0.29) is 0 Å². The van der Waals surface area contributed by atoms with Crippen LogP contribution in [0.1, 0.15) is 96.9 Å². The first kappa shape index (κ1) is 25.9. The second-order valence-electron chi connectivity index (χ2n) is 11.6. The normalized spacial score (nSPS) is 12.9. The van der Waals surface area contributed by atoms with Crippen LogP contribution in [-0.2, 0) is 4.74 Å². The average Bonchev–Trinajstić information content (AvgIpc) is 1.89. The largest absolute Gasteiger partial charge is 0.380 e. The van der Waals surface area contributed by atoms with Gasteiger partial charge in [0.05, 0.1) is 13.2 Å². The molecule has 0 aromatic rings. The molecule has 0 aliphatic carbocycles. The van der Waals surface area contributed by atoms with Crippen LogP contribution < -0.4 is 0 Å². The second kappa shape index (κ2) is 9.87. The molecule has 0 spiro atoms. The molecule has 0 unspecified atom stereocenters. The van der Waals surface area contributed by atoms with E-state index in [0.29, 0.717) is 21.7 Å². The molecule has 0 saturated carbocycles. The Hall–Kier alpha value is -0.0400. The molecule has 21 heavy (non-hydrogen) atoms. The van der Waals surface area contributed by atoms with Crippen LogP contribution >= 0.6 is 0 Å². The molecule has 0 aliphatic rings. The summed E-state index contributed by atoms with van der Waals surface area (Å²) in [7, 11) is 0. The van der Waals surface area contributed by atoms with E-state index in [1.54, 1.807) is 0 Å². The van der Waals surface area contributed by atoms with E-state index in [1.807, 2.05) is 0 Å². The summed E-state index contributed by atoms with van der Waals surface area (Å²) in [6, 6.07) is 0. The SMILES string of the molecule is CC(C)(C)C.CC(C)(C)C.CC(C)(C)COCC(C)(C)C. The van der Waals surface area contributed by atoms with Crippen LogP contribution in [0.4, 0.5) is 0 Å². The lowest BCUT2D eigenvalue weighted by molar-refractivity contribution is 0.0275. The Kier molecular flexibility index (Phi) is 12.2. The molecule has 0 bridgehead atoms. The summed E-state index contributed by atoms with van der Waals surface area (Å²) in [5.74, 6) is 0. The molecule has 0 aromatic heterocycles. The van der Waals surface area contributed by atoms with Crippen LogP contribution in [0.2, 0.25) is 0 Å². The third-order valence-corrected chi connectivity index (χ3v) is 1.07. The topological polar surface area (TPSA) is 9.23 Å². The van der Waals surface area contributed by atoms with Gasteiger partial charge in [0.25, 0.3) is 0 Å². The van der Waals surface area contributed by atoms with Crippen LogP contribution in [0.5, 0.6) is 0 Å². The maximum absolute atomic E-state index is 5.56. The van der Waals surface area contributed by atoms with Crippen LogP contribution in [0.3, 0.4) is 0 Å². The first-order valence-corrected chi connectivity index (χ1v) is 8.28. The van der Waals surface area contributed by atoms with Crippen molar-refractivity contribution in [3.8, 4) is 0 Å². The second-order valence-corrected chi connectivity index (χ2v) is 11.6. The van der Waals surface area contributed by atoms with Crippen molar-refractivity contribution in [1.82, 2.24) is 0 Å². The zero-order valence-electron chi connectivity index (χ0n) is 17.8. The highest BCUT2D eigenvalue weighted by Crippen LogP contribution is 2.17. The summed E-state index contributed by atoms with van der Waals surface area (Å²) in [5.41, 5.74) is 1.59. The van der Waals surface area contributed by atoms with E-state index in [9.17, 15) is 0 Å². The highest BCUT2D eigenvalue weighted by molar-refractivity contribution is 4.63. The first-order chi connectivity index (χ1) is 8.71. The third-order valence-electron chi connectivity index (χ3n) is 1.07. The summed E-state index contributed by atoms with van der Waals surface area (Å²) < 4.78 is 5.56. The van der Waals surface area contributed by atoms with Gasteiger partial charge in [-0.1, -0.05) is 96.9 Å². The van der Waals surface area contributed by atoms with Gasteiger partial charge in [-0.15, -0.1) is 0 Å². The number of ether oxygens (including phenoxy) is 1. The van der Waals surface area contributed by atoms with Gasteiger partial charge in [-0.05, 0) is 21.7 Å². The maximum Gasteiger partial charge on any atom is 0.0514 e. The predicted octanol–water partition coefficient (Wildman–Crippen LogP) is 7.20. The summed E-state index contributed by atoms with van der Waals surface area (Å²) >= 11 is 0. The Morgan fingerprint density at radius 1 is 0.429 bits per heavy atom. The van der Waals surface area contributed by atoms with E-state index in [0.717, 1.165) is 13.2 Å². The monoisotopic (exact) mass is 302 g/mol. The first-order valence-electron chi connectivity index (χ1n) is 8.28. The molecule has 0 atom stereocenters. The van der Waals surface area contributed by atoms with Gasteiger partial charge in [-0.25, -0.2) is 0 Å². The summed E-state index contributed by atoms with van der Waals surface area (Å²) in [6.07, 6.45) is 0. The van der Waals surface area contributed by atoms with Crippen LogP contribution in [0.25, 0.3) is 0 Å². The molecule has 0 saturated heterocycles. The molecule has 1 heteroatoms. The van der Waals surface area contributed by atoms with Crippen LogP contribution in [0, 0.1) is 21.7 Å². The standard InChI is InChI=1S/C10H22O.2C5H12/c1-9(2,3)7-11-8-10(4,5)6;2*1-5(2,3)4/h7-8H2,1-6H3;2*1-4H3. The van der Waals surface area contributed by atoms with E-state index < -0.39 is 0 Å². The number of hydrogen-bond acceptors (Lipinski definition) is 1. The zero-order valence-corrected chi connectivity index (χ0v) is 17.8. The lowest BCUT2D eigenvalue weighted by Gasteiger charge is -2.23. The fourth-order valence-electron chi connectivity index (χ4n) is 0.663. The molecule has 0 radical (unpaired) electrons. The molecule has 0 aromatic carbocycles. The summed E-state index contributed by atoms with van der Waals surface area (Å²) in [5, 5.41) is 0. The Labute approximate surface area is 137 Å². The van der Waals surface area contributed by atoms with Gasteiger partial charge in [0.2, 0.25) is 0 Å². The molecule has 0 N–H and O–H groups in total. The molecule has 132 valence electrons. The molecule has 0 rings (SSSR count). The van der Waals surface area contributed by atoms with E-state index in [4.69, 9.17) is 4.74 Å². The summed E-state index contributed by atoms with van der Waals surface area (Å²) in [4.78, 5) is 0. The van der Waals surface area contributed by atoms with Crippen molar-refractivity contribution in [2.45, 2.75) is 96.9 Å². The van der Waals surface area contributed by atoms with Gasteiger partial charge in [-0.3, -0.25) is 0 Å². The van der Waals surface area contributed by atoms with E-state index in [2.05, 4.69) is 96.9 Å². The molecule has 0 aliphatic heterocycles. The van der Waals surface area contributed by atoms with Gasteiger partial charge in [-0.2, -0.15) is 0 Å². The van der Waals surface area contributed by atoms with Gasteiger partial charge < -0.3 is 4.74 Å². The van der Waals surface area contributed by atoms with Crippen LogP contribution in [-0.4, -0.2) is 13.2 Å². The molecular weight excluding hydrogens is 256 g/mol. The molecule has 0 amide bonds. The Bertz CT molecular complexity index is 187. The third kappa shape index (κ3) is 102. The molecule has 0 heterocycles. The fraction of sp³-hybridized carbons (Fsp3) is 1.00. The predicted molar refractivity (Wildman–Crippen MR) is 100.0 cm³/mol. The zero-order chi connectivity index (χ0) is 18.1. The average molecular weight is 303 g/mol. The minimum atomic E-state index is 0.297. The molecule has 1 nitrogen and oxygen atoms in total. The van der Waals surface area contributed by atoms with E-state index in [1.165, 1.54) is 0 Å². The smallest absolute Gasteiger partial charge is 0.0514 e. The highest BCUT2D eigenvalue weighted by Gasteiger charge is 2.14. The fourth-order valence-corrected chi connectivity index (χ4v) is 0.663. The molecular formula is C20H46O. The van der Waals surface area contributed by atoms with Crippen molar-refractivity contribution < 1.29 is 4.74 Å². The lowest BCUT2D eigenvalue weighted by Crippen LogP contribution is -2.21. The van der Waals surface area contributed by atoms with Crippen molar-refractivity contribution in [3.63, 3.8) is 0 Å². The van der Waals surface area contributed by atoms with Gasteiger partial charge in [0.15, 0.2) is 0 Å². The van der Waals surface area contributed by atoms with Crippen molar-refractivity contribution in [2.24, 2.45) is 21.7 Å². The summed E-state index contributed by atoms with van der Waals surface area (Å²) in [6.45, 7) is 32.3. The van der Waals surface area contributed by atoms with Gasteiger partial charge >= 0.3 is 0 Å². The van der Waals surface area contributed by atoms with Crippen molar-refractivity contribution in [1.29, 1.82) is 0 Å². The van der Waals surface area contributed by atoms with Gasteiger partial charge in [0.1, 0.15) is 0 Å². The Balaban J connectivity index is -0.000000270. The van der Waals surface area contributed by atoms with Gasteiger partial charge in [0, 0.05) is 0 Å². The molecule has 0 fully saturated rings. The minimum Gasteiger partial charge on any atom is -0.380 e. The minimum absolute atomic E-state index is 0.297. The Morgan fingerprint density at radius 3 is 0.667 bits per heavy atom. The highest BCUT2D eigenvalue weighted by atomic mass is 16.5. The van der Waals surface area contributed by atoms with Crippen molar-refractivity contribution >= 4 is 0 Å². The Morgan fingerprint density at radius 2 is 0.571 bits per heavy atom. The van der Waals surface area contributed by atoms with Crippen molar-refractivity contribution in [3.05, 3.63) is 0 Å². The number of hydrogen-bond donors (Lipinski definition) is 0. The van der Waals surface area contributed by atoms with Crippen molar-refractivity contribution in [2.75, 3.05) is 13.2 Å². The number of rotatable bonds is 2. The quantitative estimate of drug-likeness (QED) is 0.524. The van der Waals surface area contributed by atoms with E-state index >= 15 is 0 Å². The maximum atomic E-state index is 5.56.